The number of fused-ring (bicyclic) bond motifs is 1. The highest BCUT2D eigenvalue weighted by molar-refractivity contribution is 7.98. The van der Waals surface area contributed by atoms with Crippen molar-refractivity contribution in [1.29, 1.82) is 0 Å². The Balaban J connectivity index is 1.54. The Bertz CT molecular complexity index is 979. The van der Waals surface area contributed by atoms with Gasteiger partial charge in [-0.2, -0.15) is 10.2 Å². The lowest BCUT2D eigenvalue weighted by Crippen LogP contribution is -1.97. The van der Waals surface area contributed by atoms with Crippen LogP contribution in [0.3, 0.4) is 0 Å². The van der Waals surface area contributed by atoms with Crippen molar-refractivity contribution in [2.45, 2.75) is 10.9 Å². The van der Waals surface area contributed by atoms with Gasteiger partial charge >= 0.3 is 0 Å². The molecule has 4 aromatic rings. The van der Waals surface area contributed by atoms with Crippen molar-refractivity contribution in [3.63, 3.8) is 0 Å². The molecule has 0 aliphatic heterocycles. The van der Waals surface area contributed by atoms with Crippen molar-refractivity contribution < 1.29 is 0 Å². The molecular formula is C17H14N6S2. The molecule has 25 heavy (non-hydrogen) atoms. The van der Waals surface area contributed by atoms with Crippen LogP contribution >= 0.6 is 23.1 Å². The fraction of sp³-hybridized carbons (Fsp3) is 0.0588. The second-order valence-corrected chi connectivity index (χ2v) is 7.07. The zero-order valence-corrected chi connectivity index (χ0v) is 14.7. The Labute approximate surface area is 152 Å². The van der Waals surface area contributed by atoms with E-state index in [0.29, 0.717) is 16.6 Å². The van der Waals surface area contributed by atoms with Gasteiger partial charge in [0.15, 0.2) is 16.6 Å². The Morgan fingerprint density at radius 3 is 2.92 bits per heavy atom. The maximum Gasteiger partial charge on any atom is 0.191 e. The molecule has 0 aliphatic carbocycles. The van der Waals surface area contributed by atoms with Gasteiger partial charge < -0.3 is 0 Å². The smallest absolute Gasteiger partial charge is 0.191 e. The van der Waals surface area contributed by atoms with Gasteiger partial charge in [-0.3, -0.25) is 10.5 Å². The number of thioether (sulfide) groups is 1. The summed E-state index contributed by atoms with van der Waals surface area (Å²) in [7, 11) is 0. The summed E-state index contributed by atoms with van der Waals surface area (Å²) in [4.78, 5) is 10.2. The Kier molecular flexibility index (Phi) is 4.71. The fourth-order valence-corrected chi connectivity index (χ4v) is 3.59. The highest BCUT2D eigenvalue weighted by Crippen LogP contribution is 2.25. The molecule has 0 atom stereocenters. The zero-order valence-electron chi connectivity index (χ0n) is 13.1. The molecule has 1 aromatic carbocycles. The molecule has 0 saturated heterocycles. The van der Waals surface area contributed by atoms with E-state index in [0.717, 1.165) is 16.0 Å². The van der Waals surface area contributed by atoms with Crippen LogP contribution < -0.4 is 5.43 Å². The molecule has 0 bridgehead atoms. The van der Waals surface area contributed by atoms with Gasteiger partial charge in [-0.05, 0) is 17.0 Å². The summed E-state index contributed by atoms with van der Waals surface area (Å²) in [5, 5.41) is 14.7. The van der Waals surface area contributed by atoms with E-state index in [2.05, 4.69) is 42.8 Å². The van der Waals surface area contributed by atoms with Crippen LogP contribution in [0.15, 0.2) is 64.3 Å². The minimum atomic E-state index is 0.641. The molecule has 124 valence electrons. The first-order valence-electron chi connectivity index (χ1n) is 7.59. The average Bonchev–Trinajstić information content (AvgIpc) is 3.32. The number of nitrogens with one attached hydrogen (secondary N) is 2. The second kappa shape index (κ2) is 7.45. The summed E-state index contributed by atoms with van der Waals surface area (Å²) in [6.07, 6.45) is 3.47. The summed E-state index contributed by atoms with van der Waals surface area (Å²) in [6.45, 7) is 0. The first-order chi connectivity index (χ1) is 12.4. The number of H-pyrrole nitrogens is 1. The van der Waals surface area contributed by atoms with Crippen molar-refractivity contribution in [2.24, 2.45) is 5.10 Å². The van der Waals surface area contributed by atoms with Crippen LogP contribution in [0.1, 0.15) is 10.4 Å². The first-order valence-corrected chi connectivity index (χ1v) is 9.45. The molecule has 0 spiro atoms. The van der Waals surface area contributed by atoms with Gasteiger partial charge in [-0.15, -0.1) is 11.3 Å². The minimum absolute atomic E-state index is 0.641. The normalized spacial score (nSPS) is 11.4. The third kappa shape index (κ3) is 3.86. The average molecular weight is 366 g/mol. The van der Waals surface area contributed by atoms with Gasteiger partial charge in [0.1, 0.15) is 0 Å². The van der Waals surface area contributed by atoms with Gasteiger partial charge in [0, 0.05) is 10.6 Å². The quantitative estimate of drug-likeness (QED) is 0.232. The third-order valence-corrected chi connectivity index (χ3v) is 5.13. The lowest BCUT2D eigenvalue weighted by molar-refractivity contribution is 0.977. The van der Waals surface area contributed by atoms with Crippen LogP contribution in [0.4, 0.5) is 5.82 Å². The van der Waals surface area contributed by atoms with Crippen molar-refractivity contribution in [3.05, 3.63) is 64.5 Å². The van der Waals surface area contributed by atoms with E-state index in [1.165, 1.54) is 5.56 Å². The monoisotopic (exact) mass is 366 g/mol. The van der Waals surface area contributed by atoms with Crippen LogP contribution in [0.25, 0.3) is 11.0 Å². The van der Waals surface area contributed by atoms with Crippen LogP contribution in [-0.2, 0) is 5.75 Å². The molecule has 4 rings (SSSR count). The fourth-order valence-electron chi connectivity index (χ4n) is 2.21. The third-order valence-electron chi connectivity index (χ3n) is 3.41. The molecule has 0 saturated carbocycles. The topological polar surface area (TPSA) is 78.9 Å². The predicted molar refractivity (Wildman–Crippen MR) is 103 cm³/mol. The number of hydrogen-bond donors (Lipinski definition) is 2. The lowest BCUT2D eigenvalue weighted by Gasteiger charge is -2.05. The van der Waals surface area contributed by atoms with Crippen molar-refractivity contribution in [1.82, 2.24) is 20.2 Å². The largest absolute Gasteiger partial charge is 0.261 e. The number of aromatic amines is 1. The van der Waals surface area contributed by atoms with Crippen molar-refractivity contribution >= 4 is 46.2 Å². The standard InChI is InChI=1S/C17H14N6S2/c1-2-5-12(6-3-1)11-25-17-20-15(14-10-19-23-16(14)21-17)22-18-9-13-7-4-8-24-13/h1-10H,11H2,(H2,19,20,21,22,23)/b18-9+. The van der Waals surface area contributed by atoms with E-state index in [9.17, 15) is 0 Å². The Hall–Kier alpha value is -2.71. The summed E-state index contributed by atoms with van der Waals surface area (Å²) in [5.74, 6) is 1.44. The Morgan fingerprint density at radius 2 is 2.08 bits per heavy atom. The molecule has 0 radical (unpaired) electrons. The Morgan fingerprint density at radius 1 is 1.16 bits per heavy atom. The maximum atomic E-state index is 4.58. The van der Waals surface area contributed by atoms with Gasteiger partial charge in [-0.25, -0.2) is 9.97 Å². The number of benzene rings is 1. The van der Waals surface area contributed by atoms with Gasteiger partial charge in [-0.1, -0.05) is 48.2 Å². The highest BCUT2D eigenvalue weighted by atomic mass is 32.2. The van der Waals surface area contributed by atoms with Crippen LogP contribution in [0, 0.1) is 0 Å². The maximum absolute atomic E-state index is 4.58. The molecule has 3 heterocycles. The minimum Gasteiger partial charge on any atom is -0.261 e. The first kappa shape index (κ1) is 15.8. The summed E-state index contributed by atoms with van der Waals surface area (Å²) < 4.78 is 0. The number of rotatable bonds is 6. The van der Waals surface area contributed by atoms with E-state index in [1.807, 2.05) is 35.7 Å². The van der Waals surface area contributed by atoms with E-state index >= 15 is 0 Å². The summed E-state index contributed by atoms with van der Waals surface area (Å²) in [5.41, 5.74) is 4.92. The molecule has 2 N–H and O–H groups in total. The second-order valence-electron chi connectivity index (χ2n) is 5.15. The van der Waals surface area contributed by atoms with Crippen molar-refractivity contribution in [2.75, 3.05) is 5.43 Å². The van der Waals surface area contributed by atoms with E-state index in [4.69, 9.17) is 0 Å². The number of hydrazone groups is 1. The SMILES string of the molecule is C(=N\Nc1nc(SCc2ccccc2)nc2[nH]ncc12)/c1cccs1. The van der Waals surface area contributed by atoms with Crippen LogP contribution in [-0.4, -0.2) is 26.4 Å². The molecule has 0 aliphatic rings. The number of anilines is 1. The van der Waals surface area contributed by atoms with Gasteiger partial charge in [0.2, 0.25) is 0 Å². The van der Waals surface area contributed by atoms with E-state index in [1.54, 1.807) is 35.5 Å². The molecule has 0 fully saturated rings. The highest BCUT2D eigenvalue weighted by Gasteiger charge is 2.09. The van der Waals surface area contributed by atoms with E-state index < -0.39 is 0 Å². The molecular weight excluding hydrogens is 352 g/mol. The molecule has 0 amide bonds. The summed E-state index contributed by atoms with van der Waals surface area (Å²) >= 11 is 3.20. The number of nitrogens with zero attached hydrogens (tertiary/aromatic N) is 4. The number of aromatic nitrogens is 4. The lowest BCUT2D eigenvalue weighted by atomic mass is 10.2. The number of thiophene rings is 1. The van der Waals surface area contributed by atoms with Gasteiger partial charge in [0.25, 0.3) is 0 Å². The molecule has 3 aromatic heterocycles. The van der Waals surface area contributed by atoms with Crippen LogP contribution in [0.5, 0.6) is 0 Å². The molecule has 0 unspecified atom stereocenters. The van der Waals surface area contributed by atoms with Crippen LogP contribution in [0.2, 0.25) is 0 Å². The van der Waals surface area contributed by atoms with E-state index in [-0.39, 0.29) is 0 Å². The molecule has 6 nitrogen and oxygen atoms in total. The summed E-state index contributed by atoms with van der Waals surface area (Å²) in [6, 6.07) is 14.2. The molecule has 8 heteroatoms. The number of hydrogen-bond acceptors (Lipinski definition) is 7. The zero-order chi connectivity index (χ0) is 16.9. The van der Waals surface area contributed by atoms with Gasteiger partial charge in [0.05, 0.1) is 17.8 Å². The predicted octanol–water partition coefficient (Wildman–Crippen LogP) is 4.15. The van der Waals surface area contributed by atoms with Crippen molar-refractivity contribution in [3.8, 4) is 0 Å².